The number of allylic oxidation sites excluding steroid dienone is 1. The van der Waals surface area contributed by atoms with Crippen molar-refractivity contribution in [1.82, 2.24) is 4.90 Å². The zero-order valence-corrected chi connectivity index (χ0v) is 7.60. The Morgan fingerprint density at radius 1 is 1.55 bits per heavy atom. The van der Waals surface area contributed by atoms with Crippen LogP contribution in [0, 0.1) is 11.8 Å². The topological polar surface area (TPSA) is 3.24 Å². The van der Waals surface area contributed by atoms with E-state index in [2.05, 4.69) is 17.2 Å². The molecule has 60 valence electrons. The third-order valence-electron chi connectivity index (χ3n) is 2.86. The largest absolute Gasteiger partial charge is 0.346 e. The van der Waals surface area contributed by atoms with E-state index in [1.165, 1.54) is 12.8 Å². The fourth-order valence-corrected chi connectivity index (χ4v) is 2.07. The molecule has 1 aliphatic carbocycles. The molecule has 0 N–H and O–H groups in total. The maximum Gasteiger partial charge on any atom is 0.0819 e. The lowest BCUT2D eigenvalue weighted by Gasteiger charge is -2.33. The van der Waals surface area contributed by atoms with Crippen molar-refractivity contribution in [2.75, 3.05) is 7.05 Å². The minimum atomic E-state index is 0.831. The van der Waals surface area contributed by atoms with Crippen LogP contribution in [-0.2, 0) is 0 Å². The van der Waals surface area contributed by atoms with Crippen LogP contribution in [0.15, 0.2) is 12.3 Å². The molecule has 2 unspecified atom stereocenters. The van der Waals surface area contributed by atoms with Crippen molar-refractivity contribution in [2.24, 2.45) is 11.8 Å². The predicted molar refractivity (Wildman–Crippen MR) is 50.3 cm³/mol. The molecule has 0 saturated heterocycles. The maximum absolute atomic E-state index is 5.25. The first-order valence-corrected chi connectivity index (χ1v) is 4.62. The second-order valence-corrected chi connectivity index (χ2v) is 4.02. The molecule has 2 aliphatic rings. The van der Waals surface area contributed by atoms with E-state index in [1.807, 2.05) is 7.05 Å². The van der Waals surface area contributed by atoms with Gasteiger partial charge in [-0.3, -0.25) is 0 Å². The lowest BCUT2D eigenvalue weighted by atomic mass is 9.72. The molecule has 2 heteroatoms. The Hall–Kier alpha value is -0.370. The van der Waals surface area contributed by atoms with Crippen LogP contribution in [0.5, 0.6) is 0 Å². The van der Waals surface area contributed by atoms with E-state index in [0.717, 1.165) is 23.2 Å². The first-order chi connectivity index (χ1) is 5.27. The van der Waals surface area contributed by atoms with Crippen molar-refractivity contribution in [3.63, 3.8) is 0 Å². The van der Waals surface area contributed by atoms with Crippen LogP contribution in [0.2, 0.25) is 0 Å². The molecule has 0 amide bonds. The highest BCUT2D eigenvalue weighted by Crippen LogP contribution is 2.39. The van der Waals surface area contributed by atoms with E-state index in [1.54, 1.807) is 0 Å². The summed E-state index contributed by atoms with van der Waals surface area (Å²) in [5.41, 5.74) is 0. The minimum Gasteiger partial charge on any atom is -0.346 e. The monoisotopic (exact) mass is 167 g/mol. The quantitative estimate of drug-likeness (QED) is 0.509. The molecule has 0 aromatic heterocycles. The van der Waals surface area contributed by atoms with Crippen molar-refractivity contribution in [1.29, 1.82) is 0 Å². The Kier molecular flexibility index (Phi) is 1.72. The van der Waals surface area contributed by atoms with Crippen LogP contribution in [0.3, 0.4) is 0 Å². The Labute approximate surface area is 73.1 Å². The van der Waals surface area contributed by atoms with Gasteiger partial charge in [-0.2, -0.15) is 0 Å². The molecule has 1 heterocycles. The summed E-state index contributed by atoms with van der Waals surface area (Å²) in [5.74, 6) is 1.70. The molecule has 1 fully saturated rings. The number of hydrogen-bond donors (Lipinski definition) is 0. The Morgan fingerprint density at radius 3 is 3.00 bits per heavy atom. The van der Waals surface area contributed by atoms with E-state index < -0.39 is 0 Å². The van der Waals surface area contributed by atoms with E-state index in [-0.39, 0.29) is 0 Å². The zero-order chi connectivity index (χ0) is 7.84. The Bertz CT molecular complexity index is 210. The smallest absolute Gasteiger partial charge is 0.0819 e. The second-order valence-electron chi connectivity index (χ2n) is 3.55. The number of hydrogen-bond acceptors (Lipinski definition) is 1. The molecule has 1 saturated carbocycles. The SMILES string of the molecule is CN1C=CC2CCC2CC1=S. The molecule has 1 aliphatic heterocycles. The molecule has 2 rings (SSSR count). The molecule has 2 atom stereocenters. The summed E-state index contributed by atoms with van der Waals surface area (Å²) in [6, 6.07) is 0. The van der Waals surface area contributed by atoms with Gasteiger partial charge in [-0.05, 0) is 24.7 Å². The van der Waals surface area contributed by atoms with Crippen LogP contribution in [-0.4, -0.2) is 16.9 Å². The van der Waals surface area contributed by atoms with Crippen molar-refractivity contribution in [3.8, 4) is 0 Å². The number of rotatable bonds is 0. The van der Waals surface area contributed by atoms with Crippen molar-refractivity contribution in [2.45, 2.75) is 19.3 Å². The fraction of sp³-hybridized carbons (Fsp3) is 0.667. The minimum absolute atomic E-state index is 0.831. The average Bonchev–Trinajstić information content (AvgIpc) is 2.03. The Balaban J connectivity index is 2.13. The fourth-order valence-electron chi connectivity index (χ4n) is 1.79. The highest BCUT2D eigenvalue weighted by Gasteiger charge is 2.31. The first kappa shape index (κ1) is 7.29. The molecular formula is C9H13NS. The molecule has 0 spiro atoms. The lowest BCUT2D eigenvalue weighted by Crippen LogP contribution is -2.26. The van der Waals surface area contributed by atoms with Gasteiger partial charge in [0.25, 0.3) is 0 Å². The van der Waals surface area contributed by atoms with Gasteiger partial charge in [0, 0.05) is 19.7 Å². The standard InChI is InChI=1S/C9H13NS/c1-10-5-4-7-2-3-8(7)6-9(10)11/h4-5,7-8H,2-3,6H2,1H3. The zero-order valence-electron chi connectivity index (χ0n) is 6.79. The molecule has 1 nitrogen and oxygen atoms in total. The number of fused-ring (bicyclic) bond motifs is 1. The highest BCUT2D eigenvalue weighted by atomic mass is 32.1. The van der Waals surface area contributed by atoms with Crippen molar-refractivity contribution >= 4 is 17.2 Å². The van der Waals surface area contributed by atoms with Crippen LogP contribution in [0.1, 0.15) is 19.3 Å². The van der Waals surface area contributed by atoms with Gasteiger partial charge in [0.15, 0.2) is 0 Å². The molecular weight excluding hydrogens is 154 g/mol. The van der Waals surface area contributed by atoms with Gasteiger partial charge in [-0.1, -0.05) is 18.3 Å². The van der Waals surface area contributed by atoms with E-state index >= 15 is 0 Å². The van der Waals surface area contributed by atoms with Crippen molar-refractivity contribution in [3.05, 3.63) is 12.3 Å². The summed E-state index contributed by atoms with van der Waals surface area (Å²) in [5, 5.41) is 0. The molecule has 0 bridgehead atoms. The summed E-state index contributed by atoms with van der Waals surface area (Å²) >= 11 is 5.25. The van der Waals surface area contributed by atoms with E-state index in [9.17, 15) is 0 Å². The van der Waals surface area contributed by atoms with Gasteiger partial charge < -0.3 is 4.90 Å². The van der Waals surface area contributed by atoms with Crippen molar-refractivity contribution < 1.29 is 0 Å². The number of thiocarbonyl (C=S) groups is 1. The lowest BCUT2D eigenvalue weighted by molar-refractivity contribution is 0.237. The van der Waals surface area contributed by atoms with Gasteiger partial charge in [0.1, 0.15) is 0 Å². The van der Waals surface area contributed by atoms with Gasteiger partial charge in [-0.25, -0.2) is 0 Å². The maximum atomic E-state index is 5.25. The van der Waals surface area contributed by atoms with Crippen LogP contribution in [0.25, 0.3) is 0 Å². The summed E-state index contributed by atoms with van der Waals surface area (Å²) < 4.78 is 0. The Morgan fingerprint density at radius 2 is 2.36 bits per heavy atom. The number of nitrogens with zero attached hydrogens (tertiary/aromatic N) is 1. The van der Waals surface area contributed by atoms with Crippen LogP contribution >= 0.6 is 12.2 Å². The second kappa shape index (κ2) is 2.59. The summed E-state index contributed by atoms with van der Waals surface area (Å²) in [4.78, 5) is 3.18. The van der Waals surface area contributed by atoms with Crippen LogP contribution < -0.4 is 0 Å². The van der Waals surface area contributed by atoms with Crippen LogP contribution in [0.4, 0.5) is 0 Å². The first-order valence-electron chi connectivity index (χ1n) is 4.21. The third kappa shape index (κ3) is 1.20. The van der Waals surface area contributed by atoms with Gasteiger partial charge in [0.2, 0.25) is 0 Å². The molecule has 0 aromatic carbocycles. The molecule has 11 heavy (non-hydrogen) atoms. The van der Waals surface area contributed by atoms with Gasteiger partial charge in [0.05, 0.1) is 4.99 Å². The van der Waals surface area contributed by atoms with E-state index in [4.69, 9.17) is 12.2 Å². The predicted octanol–water partition coefficient (Wildman–Crippen LogP) is 2.19. The average molecular weight is 167 g/mol. The summed E-state index contributed by atoms with van der Waals surface area (Å²) in [7, 11) is 2.05. The molecule has 0 aromatic rings. The van der Waals surface area contributed by atoms with Gasteiger partial charge in [-0.15, -0.1) is 0 Å². The summed E-state index contributed by atoms with van der Waals surface area (Å²) in [6.07, 6.45) is 8.32. The van der Waals surface area contributed by atoms with Gasteiger partial charge >= 0.3 is 0 Å². The normalized spacial score (nSPS) is 36.1. The summed E-state index contributed by atoms with van der Waals surface area (Å²) in [6.45, 7) is 0. The molecule has 0 radical (unpaired) electrons. The highest BCUT2D eigenvalue weighted by molar-refractivity contribution is 7.80. The van der Waals surface area contributed by atoms with E-state index in [0.29, 0.717) is 0 Å². The third-order valence-corrected chi connectivity index (χ3v) is 3.32.